The fourth-order valence-electron chi connectivity index (χ4n) is 4.04. The van der Waals surface area contributed by atoms with Crippen molar-refractivity contribution >= 4 is 23.6 Å². The SMILES string of the molecule is NC(=O)c1ccc(CSCC(=O)N2CCC[C@H]3CCCC[C@H]32)cc1. The molecule has 2 amide bonds. The van der Waals surface area contributed by atoms with Crippen molar-refractivity contribution < 1.29 is 9.59 Å². The summed E-state index contributed by atoms with van der Waals surface area (Å²) in [5.74, 6) is 1.96. The molecule has 1 saturated carbocycles. The first-order valence-corrected chi connectivity index (χ1v) is 10.1. The van der Waals surface area contributed by atoms with Gasteiger partial charge in [0.05, 0.1) is 5.75 Å². The van der Waals surface area contributed by atoms with E-state index in [1.807, 2.05) is 12.1 Å². The molecule has 2 N–H and O–H groups in total. The van der Waals surface area contributed by atoms with Gasteiger partial charge in [-0.15, -0.1) is 11.8 Å². The van der Waals surface area contributed by atoms with E-state index in [-0.39, 0.29) is 0 Å². The lowest BCUT2D eigenvalue weighted by atomic mass is 9.78. The monoisotopic (exact) mass is 346 g/mol. The highest BCUT2D eigenvalue weighted by atomic mass is 32.2. The Morgan fingerprint density at radius 1 is 1.08 bits per heavy atom. The van der Waals surface area contributed by atoms with E-state index in [9.17, 15) is 9.59 Å². The zero-order valence-electron chi connectivity index (χ0n) is 14.1. The second kappa shape index (κ2) is 8.06. The molecule has 1 saturated heterocycles. The maximum atomic E-state index is 12.6. The van der Waals surface area contributed by atoms with Crippen LogP contribution in [-0.2, 0) is 10.5 Å². The number of hydrogen-bond donors (Lipinski definition) is 1. The third kappa shape index (κ3) is 4.12. The second-order valence-corrected chi connectivity index (χ2v) is 7.88. The topological polar surface area (TPSA) is 63.4 Å². The fraction of sp³-hybridized carbons (Fsp3) is 0.579. The van der Waals surface area contributed by atoms with E-state index >= 15 is 0 Å². The zero-order chi connectivity index (χ0) is 16.9. The Balaban J connectivity index is 1.49. The number of rotatable bonds is 5. The molecular weight excluding hydrogens is 320 g/mol. The van der Waals surface area contributed by atoms with Gasteiger partial charge >= 0.3 is 0 Å². The van der Waals surface area contributed by atoms with Crippen molar-refractivity contribution in [2.75, 3.05) is 12.3 Å². The van der Waals surface area contributed by atoms with Crippen molar-refractivity contribution in [3.8, 4) is 0 Å². The Morgan fingerprint density at radius 2 is 1.79 bits per heavy atom. The molecule has 0 spiro atoms. The molecule has 2 aliphatic rings. The zero-order valence-corrected chi connectivity index (χ0v) is 14.9. The molecule has 3 rings (SSSR count). The van der Waals surface area contributed by atoms with Crippen LogP contribution >= 0.6 is 11.8 Å². The maximum absolute atomic E-state index is 12.6. The van der Waals surface area contributed by atoms with Crippen molar-refractivity contribution in [3.05, 3.63) is 35.4 Å². The third-order valence-electron chi connectivity index (χ3n) is 5.30. The first-order valence-electron chi connectivity index (χ1n) is 8.91. The lowest BCUT2D eigenvalue weighted by Gasteiger charge is -2.44. The molecule has 1 aliphatic heterocycles. The molecule has 1 heterocycles. The minimum Gasteiger partial charge on any atom is -0.366 e. The Labute approximate surface area is 148 Å². The summed E-state index contributed by atoms with van der Waals surface area (Å²) in [5.41, 5.74) is 6.89. The van der Waals surface area contributed by atoms with Crippen molar-refractivity contribution in [1.82, 2.24) is 4.90 Å². The summed E-state index contributed by atoms with van der Waals surface area (Å²) in [4.78, 5) is 25.9. The van der Waals surface area contributed by atoms with Crippen LogP contribution in [0, 0.1) is 5.92 Å². The van der Waals surface area contributed by atoms with Crippen LogP contribution in [-0.4, -0.2) is 35.1 Å². The summed E-state index contributed by atoms with van der Waals surface area (Å²) >= 11 is 1.65. The van der Waals surface area contributed by atoms with Gasteiger partial charge in [-0.25, -0.2) is 0 Å². The lowest BCUT2D eigenvalue weighted by molar-refractivity contribution is -0.134. The van der Waals surface area contributed by atoms with E-state index in [0.29, 0.717) is 23.3 Å². The van der Waals surface area contributed by atoms with E-state index < -0.39 is 5.91 Å². The molecule has 0 aromatic heterocycles. The Hall–Kier alpha value is -1.49. The predicted octanol–water partition coefficient (Wildman–Crippen LogP) is 3.20. The number of amides is 2. The van der Waals surface area contributed by atoms with Crippen LogP contribution in [0.15, 0.2) is 24.3 Å². The van der Waals surface area contributed by atoms with E-state index in [1.54, 1.807) is 23.9 Å². The third-order valence-corrected chi connectivity index (χ3v) is 6.28. The molecule has 2 atom stereocenters. The van der Waals surface area contributed by atoms with Crippen LogP contribution in [0.5, 0.6) is 0 Å². The Morgan fingerprint density at radius 3 is 2.54 bits per heavy atom. The van der Waals surface area contributed by atoms with Crippen molar-refractivity contribution in [3.63, 3.8) is 0 Å². The van der Waals surface area contributed by atoms with E-state index in [0.717, 1.165) is 30.2 Å². The Kier molecular flexibility index (Phi) is 5.82. The predicted molar refractivity (Wildman–Crippen MR) is 97.8 cm³/mol. The number of carbonyl (C=O) groups excluding carboxylic acids is 2. The molecule has 1 aromatic carbocycles. The minimum atomic E-state index is -0.406. The highest BCUT2D eigenvalue weighted by Gasteiger charge is 2.35. The van der Waals surface area contributed by atoms with Gasteiger partial charge in [0, 0.05) is 23.9 Å². The normalized spacial score (nSPS) is 23.6. The number of benzene rings is 1. The highest BCUT2D eigenvalue weighted by Crippen LogP contribution is 2.35. The number of piperidine rings is 1. The second-order valence-electron chi connectivity index (χ2n) is 6.90. The first-order chi connectivity index (χ1) is 11.6. The number of carbonyl (C=O) groups is 2. The molecule has 1 aromatic rings. The summed E-state index contributed by atoms with van der Waals surface area (Å²) in [6, 6.07) is 7.82. The Bertz CT molecular complexity index is 586. The number of likely N-dealkylation sites (tertiary alicyclic amines) is 1. The molecule has 0 radical (unpaired) electrons. The van der Waals surface area contributed by atoms with Gasteiger partial charge in [-0.1, -0.05) is 25.0 Å². The average Bonchev–Trinajstić information content (AvgIpc) is 2.61. The maximum Gasteiger partial charge on any atom is 0.248 e. The van der Waals surface area contributed by atoms with Gasteiger partial charge in [0.2, 0.25) is 11.8 Å². The van der Waals surface area contributed by atoms with Gasteiger partial charge in [-0.2, -0.15) is 0 Å². The number of fused-ring (bicyclic) bond motifs is 1. The summed E-state index contributed by atoms with van der Waals surface area (Å²) in [7, 11) is 0. The summed E-state index contributed by atoms with van der Waals surface area (Å²) in [6.07, 6.45) is 7.55. The van der Waals surface area contributed by atoms with Crippen LogP contribution in [0.1, 0.15) is 54.4 Å². The average molecular weight is 346 g/mol. The molecule has 1 aliphatic carbocycles. The molecule has 2 fully saturated rings. The number of nitrogens with two attached hydrogens (primary N) is 1. The van der Waals surface area contributed by atoms with Crippen LogP contribution in [0.25, 0.3) is 0 Å². The molecular formula is C19H26N2O2S. The summed E-state index contributed by atoms with van der Waals surface area (Å²) in [6.45, 7) is 0.938. The van der Waals surface area contributed by atoms with Crippen LogP contribution in [0.3, 0.4) is 0 Å². The van der Waals surface area contributed by atoms with Crippen LogP contribution < -0.4 is 5.73 Å². The molecule has 4 nitrogen and oxygen atoms in total. The van der Waals surface area contributed by atoms with Gasteiger partial charge < -0.3 is 10.6 Å². The minimum absolute atomic E-state index is 0.297. The van der Waals surface area contributed by atoms with Gasteiger partial charge in [0.1, 0.15) is 0 Å². The summed E-state index contributed by atoms with van der Waals surface area (Å²) in [5, 5.41) is 0. The molecule has 0 unspecified atom stereocenters. The van der Waals surface area contributed by atoms with E-state index in [2.05, 4.69) is 4.90 Å². The van der Waals surface area contributed by atoms with E-state index in [4.69, 9.17) is 5.73 Å². The summed E-state index contributed by atoms with van der Waals surface area (Å²) < 4.78 is 0. The molecule has 0 bridgehead atoms. The molecule has 130 valence electrons. The van der Waals surface area contributed by atoms with Crippen LogP contribution in [0.4, 0.5) is 0 Å². The van der Waals surface area contributed by atoms with Crippen molar-refractivity contribution in [1.29, 1.82) is 0 Å². The van der Waals surface area contributed by atoms with Gasteiger partial charge in [-0.3, -0.25) is 9.59 Å². The van der Waals surface area contributed by atoms with Gasteiger partial charge in [0.15, 0.2) is 0 Å². The molecule has 24 heavy (non-hydrogen) atoms. The lowest BCUT2D eigenvalue weighted by Crippen LogP contribution is -2.50. The largest absolute Gasteiger partial charge is 0.366 e. The first kappa shape index (κ1) is 17.3. The van der Waals surface area contributed by atoms with Gasteiger partial charge in [0.25, 0.3) is 0 Å². The quantitative estimate of drug-likeness (QED) is 0.890. The van der Waals surface area contributed by atoms with E-state index in [1.165, 1.54) is 32.1 Å². The highest BCUT2D eigenvalue weighted by molar-refractivity contribution is 7.99. The van der Waals surface area contributed by atoms with Crippen molar-refractivity contribution in [2.45, 2.75) is 50.3 Å². The number of thioether (sulfide) groups is 1. The van der Waals surface area contributed by atoms with Gasteiger partial charge in [-0.05, 0) is 49.3 Å². The standard InChI is InChI=1S/C19H26N2O2S/c20-19(23)16-9-7-14(8-10-16)12-24-13-18(22)21-11-3-5-15-4-1-2-6-17(15)21/h7-10,15,17H,1-6,11-13H2,(H2,20,23)/t15-,17-/m1/s1. The molecule has 5 heteroatoms. The fourth-order valence-corrected chi connectivity index (χ4v) is 4.91. The van der Waals surface area contributed by atoms with Crippen molar-refractivity contribution in [2.24, 2.45) is 11.7 Å². The number of hydrogen-bond acceptors (Lipinski definition) is 3. The van der Waals surface area contributed by atoms with Crippen LogP contribution in [0.2, 0.25) is 0 Å². The number of primary amides is 1. The number of nitrogens with zero attached hydrogens (tertiary/aromatic N) is 1. The smallest absolute Gasteiger partial charge is 0.248 e.